The molecule has 2 aromatic heterocycles. The van der Waals surface area contributed by atoms with Crippen LogP contribution in [0.5, 0.6) is 5.75 Å². The zero-order valence-corrected chi connectivity index (χ0v) is 19.4. The van der Waals surface area contributed by atoms with Crippen molar-refractivity contribution >= 4 is 33.4 Å². The highest BCUT2D eigenvalue weighted by molar-refractivity contribution is 7.20. The lowest BCUT2D eigenvalue weighted by molar-refractivity contribution is -0.131. The molecule has 0 saturated carbocycles. The fourth-order valence-corrected chi connectivity index (χ4v) is 4.94. The van der Waals surface area contributed by atoms with Gasteiger partial charge in [0.05, 0.1) is 11.7 Å². The molecular formula is C24H27N3O5S. The van der Waals surface area contributed by atoms with Crippen molar-refractivity contribution in [2.24, 2.45) is 0 Å². The number of para-hydroxylation sites is 1. The number of hydrogen-bond donors (Lipinski definition) is 0. The van der Waals surface area contributed by atoms with Crippen molar-refractivity contribution in [3.05, 3.63) is 57.5 Å². The lowest BCUT2D eigenvalue weighted by atomic mass is 10.2. The maximum atomic E-state index is 13.1. The Balaban J connectivity index is 1.43. The number of amides is 1. The van der Waals surface area contributed by atoms with Crippen LogP contribution in [0.4, 0.5) is 0 Å². The minimum atomic E-state index is -0.515. The Bertz CT molecular complexity index is 1180. The predicted molar refractivity (Wildman–Crippen MR) is 126 cm³/mol. The monoisotopic (exact) mass is 469 g/mol. The van der Waals surface area contributed by atoms with Crippen molar-refractivity contribution < 1.29 is 19.1 Å². The molecule has 0 bridgehead atoms. The number of fused-ring (bicyclic) bond motifs is 1. The topological polar surface area (TPSA) is 90.7 Å². The van der Waals surface area contributed by atoms with E-state index in [1.807, 2.05) is 35.2 Å². The lowest BCUT2D eigenvalue weighted by Crippen LogP contribution is -2.37. The minimum Gasteiger partial charge on any atom is -0.490 e. The molecule has 1 amide bonds. The highest BCUT2D eigenvalue weighted by atomic mass is 32.1. The van der Waals surface area contributed by atoms with E-state index in [-0.39, 0.29) is 31.2 Å². The van der Waals surface area contributed by atoms with Crippen LogP contribution >= 0.6 is 11.3 Å². The number of aryl methyl sites for hydroxylation is 1. The number of ether oxygens (including phenoxy) is 2. The van der Waals surface area contributed by atoms with Gasteiger partial charge in [0.15, 0.2) is 0 Å². The largest absolute Gasteiger partial charge is 0.490 e. The fourth-order valence-electron chi connectivity index (χ4n) is 3.91. The Morgan fingerprint density at radius 2 is 1.79 bits per heavy atom. The van der Waals surface area contributed by atoms with Gasteiger partial charge >= 0.3 is 5.97 Å². The third kappa shape index (κ3) is 5.42. The second-order valence-corrected chi connectivity index (χ2v) is 9.01. The molecule has 9 heteroatoms. The van der Waals surface area contributed by atoms with Gasteiger partial charge in [0.1, 0.15) is 35.2 Å². The van der Waals surface area contributed by atoms with E-state index in [0.717, 1.165) is 50.1 Å². The smallest absolute Gasteiger partial charge is 0.348 e. The molecule has 0 radical (unpaired) electrons. The van der Waals surface area contributed by atoms with Gasteiger partial charge in [-0.3, -0.25) is 14.2 Å². The maximum Gasteiger partial charge on any atom is 0.348 e. The maximum absolute atomic E-state index is 13.1. The number of hydrogen-bond acceptors (Lipinski definition) is 7. The summed E-state index contributed by atoms with van der Waals surface area (Å²) in [5.41, 5.74) is 0.210. The zero-order valence-electron chi connectivity index (χ0n) is 18.6. The number of rotatable bonds is 7. The summed E-state index contributed by atoms with van der Waals surface area (Å²) in [6.45, 7) is 3.43. The van der Waals surface area contributed by atoms with Crippen molar-refractivity contribution in [3.63, 3.8) is 0 Å². The average molecular weight is 470 g/mol. The van der Waals surface area contributed by atoms with E-state index in [0.29, 0.717) is 26.4 Å². The van der Waals surface area contributed by atoms with Gasteiger partial charge < -0.3 is 14.4 Å². The van der Waals surface area contributed by atoms with E-state index in [4.69, 9.17) is 9.47 Å². The van der Waals surface area contributed by atoms with Crippen molar-refractivity contribution in [3.8, 4) is 5.75 Å². The number of esters is 1. The lowest BCUT2D eigenvalue weighted by Gasteiger charge is -2.20. The quantitative estimate of drug-likeness (QED) is 0.389. The van der Waals surface area contributed by atoms with Crippen LogP contribution < -0.4 is 10.3 Å². The van der Waals surface area contributed by atoms with Crippen LogP contribution in [0.15, 0.2) is 41.5 Å². The fraction of sp³-hybridized carbons (Fsp3) is 0.417. The van der Waals surface area contributed by atoms with E-state index in [9.17, 15) is 14.4 Å². The third-order valence-corrected chi connectivity index (χ3v) is 6.88. The van der Waals surface area contributed by atoms with E-state index < -0.39 is 5.97 Å². The van der Waals surface area contributed by atoms with Gasteiger partial charge in [-0.15, -0.1) is 11.3 Å². The van der Waals surface area contributed by atoms with Gasteiger partial charge in [-0.05, 0) is 37.5 Å². The molecule has 0 unspecified atom stereocenters. The van der Waals surface area contributed by atoms with E-state index in [1.54, 1.807) is 6.92 Å². The molecule has 1 saturated heterocycles. The number of carbonyl (C=O) groups is 2. The normalized spacial score (nSPS) is 14.2. The van der Waals surface area contributed by atoms with Gasteiger partial charge in [-0.1, -0.05) is 31.0 Å². The average Bonchev–Trinajstić information content (AvgIpc) is 2.99. The minimum absolute atomic E-state index is 0.0480. The van der Waals surface area contributed by atoms with Gasteiger partial charge in [-0.2, -0.15) is 0 Å². The standard InChI is InChI=1S/C24H27N3O5S/c1-17-20-22(33-21(17)24(30)32-14-13-31-18-9-5-4-6-10-18)25-16-27(23(20)29)15-19(28)26-11-7-2-3-8-12-26/h4-6,9-10,16H,2-3,7-8,11-15H2,1H3. The Hall–Kier alpha value is -3.20. The molecule has 0 atom stereocenters. The molecule has 1 fully saturated rings. The van der Waals surface area contributed by atoms with E-state index >= 15 is 0 Å². The SMILES string of the molecule is Cc1c(C(=O)OCCOc2ccccc2)sc2ncn(CC(=O)N3CCCCCC3)c(=O)c12. The van der Waals surface area contributed by atoms with E-state index in [2.05, 4.69) is 4.98 Å². The van der Waals surface area contributed by atoms with Crippen molar-refractivity contribution in [2.75, 3.05) is 26.3 Å². The summed E-state index contributed by atoms with van der Waals surface area (Å²) in [6, 6.07) is 9.27. The molecule has 0 N–H and O–H groups in total. The van der Waals surface area contributed by atoms with Crippen LogP contribution in [0.2, 0.25) is 0 Å². The summed E-state index contributed by atoms with van der Waals surface area (Å²) in [6.07, 6.45) is 5.62. The molecule has 1 aliphatic rings. The van der Waals surface area contributed by atoms with E-state index in [1.165, 1.54) is 10.9 Å². The Morgan fingerprint density at radius 1 is 1.06 bits per heavy atom. The molecule has 1 aromatic carbocycles. The van der Waals surface area contributed by atoms with Crippen LogP contribution in [0.1, 0.15) is 40.9 Å². The van der Waals surface area contributed by atoms with Crippen LogP contribution in [-0.2, 0) is 16.1 Å². The molecule has 8 nitrogen and oxygen atoms in total. The second-order valence-electron chi connectivity index (χ2n) is 8.01. The first-order chi connectivity index (χ1) is 16.0. The van der Waals surface area contributed by atoms with Crippen LogP contribution in [0.25, 0.3) is 10.2 Å². The van der Waals surface area contributed by atoms with Gasteiger partial charge in [0, 0.05) is 13.1 Å². The van der Waals surface area contributed by atoms with Crippen LogP contribution in [-0.4, -0.2) is 52.6 Å². The molecular weight excluding hydrogens is 442 g/mol. The molecule has 1 aliphatic heterocycles. The highest BCUT2D eigenvalue weighted by Gasteiger charge is 2.22. The Morgan fingerprint density at radius 3 is 2.52 bits per heavy atom. The first-order valence-electron chi connectivity index (χ1n) is 11.2. The van der Waals surface area contributed by atoms with Gasteiger partial charge in [-0.25, -0.2) is 9.78 Å². The number of thiophene rings is 1. The molecule has 33 heavy (non-hydrogen) atoms. The zero-order chi connectivity index (χ0) is 23.2. The van der Waals surface area contributed by atoms with Gasteiger partial charge in [0.25, 0.3) is 5.56 Å². The first kappa shape index (κ1) is 23.0. The number of nitrogens with zero attached hydrogens (tertiary/aromatic N) is 3. The number of aromatic nitrogens is 2. The highest BCUT2D eigenvalue weighted by Crippen LogP contribution is 2.27. The molecule has 3 aromatic rings. The molecule has 0 aliphatic carbocycles. The third-order valence-electron chi connectivity index (χ3n) is 5.70. The molecule has 3 heterocycles. The molecule has 174 valence electrons. The predicted octanol–water partition coefficient (Wildman–Crippen LogP) is 3.40. The van der Waals surface area contributed by atoms with Crippen LogP contribution in [0.3, 0.4) is 0 Å². The summed E-state index contributed by atoms with van der Waals surface area (Å²) >= 11 is 1.12. The second kappa shape index (κ2) is 10.6. The summed E-state index contributed by atoms with van der Waals surface area (Å²) in [5, 5.41) is 0.360. The van der Waals surface area contributed by atoms with Crippen molar-refractivity contribution in [1.82, 2.24) is 14.5 Å². The molecule has 4 rings (SSSR count). The van der Waals surface area contributed by atoms with Crippen molar-refractivity contribution in [2.45, 2.75) is 39.2 Å². The van der Waals surface area contributed by atoms with Crippen LogP contribution in [0, 0.1) is 6.92 Å². The van der Waals surface area contributed by atoms with Gasteiger partial charge in [0.2, 0.25) is 5.91 Å². The number of benzene rings is 1. The summed E-state index contributed by atoms with van der Waals surface area (Å²) in [7, 11) is 0. The Kier molecular flexibility index (Phi) is 7.39. The summed E-state index contributed by atoms with van der Waals surface area (Å²) < 4.78 is 12.2. The summed E-state index contributed by atoms with van der Waals surface area (Å²) in [4.78, 5) is 45.3. The number of likely N-dealkylation sites (tertiary alicyclic amines) is 1. The Labute approximate surface area is 195 Å². The summed E-state index contributed by atoms with van der Waals surface area (Å²) in [5.74, 6) is 0.107. The number of carbonyl (C=O) groups excluding carboxylic acids is 2. The molecule has 0 spiro atoms. The first-order valence-corrected chi connectivity index (χ1v) is 12.0. The van der Waals surface area contributed by atoms with Crippen molar-refractivity contribution in [1.29, 1.82) is 0 Å².